The molecule has 1 heterocycles. The molecule has 0 aromatic heterocycles. The Bertz CT molecular complexity index is 369. The maximum Gasteiger partial charge on any atom is 2.00 e. The van der Waals surface area contributed by atoms with Gasteiger partial charge in [0.1, 0.15) is 5.50 Å². The molecule has 4 nitrogen and oxygen atoms in total. The molecule has 0 amide bonds. The van der Waals surface area contributed by atoms with Crippen molar-refractivity contribution in [1.82, 2.24) is 4.90 Å². The van der Waals surface area contributed by atoms with E-state index >= 15 is 0 Å². The fourth-order valence-electron chi connectivity index (χ4n) is 1.68. The number of rotatable bonds is 1. The van der Waals surface area contributed by atoms with E-state index in [1.54, 1.807) is 6.08 Å². The third-order valence-corrected chi connectivity index (χ3v) is 2.86. The van der Waals surface area contributed by atoms with Crippen molar-refractivity contribution in [3.8, 4) is 0 Å². The summed E-state index contributed by atoms with van der Waals surface area (Å²) in [4.78, 5) is 5.25. The Hall–Kier alpha value is 0.113. The number of allylic oxidation sites excluding steroid dienone is 3. The van der Waals surface area contributed by atoms with E-state index in [0.717, 1.165) is 12.2 Å². The van der Waals surface area contributed by atoms with Crippen LogP contribution in [-0.2, 0) is 24.2 Å². The van der Waals surface area contributed by atoms with Gasteiger partial charge in [-0.2, -0.15) is 4.79 Å². The van der Waals surface area contributed by atoms with Crippen LogP contribution >= 0.6 is 11.6 Å². The fourth-order valence-corrected chi connectivity index (χ4v) is 1.98. The number of morpholine rings is 1. The molecule has 1 fully saturated rings. The van der Waals surface area contributed by atoms with Crippen LogP contribution < -0.4 is 24.8 Å². The van der Waals surface area contributed by atoms with Crippen LogP contribution in [0, 0.1) is 0 Å². The molecule has 96 valence electrons. The van der Waals surface area contributed by atoms with Gasteiger partial charge in [-0.3, -0.25) is 0 Å². The Morgan fingerprint density at radius 3 is 2.61 bits per heavy atom. The first kappa shape index (κ1) is 20.4. The molecule has 8 heteroatoms. The Labute approximate surface area is 137 Å². The minimum absolute atomic E-state index is 0. The second kappa shape index (κ2) is 9.97. The van der Waals surface area contributed by atoms with Crippen LogP contribution in [0.15, 0.2) is 23.9 Å². The normalized spacial score (nSPS) is 21.8. The summed E-state index contributed by atoms with van der Waals surface area (Å²) in [7, 11) is 0. The molecule has 0 spiro atoms. The first-order chi connectivity index (χ1) is 7.31. The topological polar surface area (TPSA) is 48.9 Å². The van der Waals surface area contributed by atoms with E-state index in [0.29, 0.717) is 25.3 Å². The van der Waals surface area contributed by atoms with Gasteiger partial charge in [-0.25, -0.2) is 0 Å². The fraction of sp³-hybridized carbons (Fsp3) is 0.500. The summed E-state index contributed by atoms with van der Waals surface area (Å²) >= 11 is 6.13. The van der Waals surface area contributed by atoms with Crippen LogP contribution in [0.4, 0.5) is 0 Å². The Morgan fingerprint density at radius 1 is 1.39 bits per heavy atom. The molecule has 1 saturated heterocycles. The van der Waals surface area contributed by atoms with Crippen LogP contribution in [0.1, 0.15) is 6.42 Å². The van der Waals surface area contributed by atoms with Gasteiger partial charge in [0.15, 0.2) is 0 Å². The summed E-state index contributed by atoms with van der Waals surface area (Å²) in [6.45, 7) is 2.05. The van der Waals surface area contributed by atoms with E-state index in [9.17, 15) is 0 Å². The molecule has 1 unspecified atom stereocenters. The van der Waals surface area contributed by atoms with Crippen LogP contribution in [0.3, 0.4) is 0 Å². The van der Waals surface area contributed by atoms with E-state index in [1.807, 2.05) is 12.2 Å². The molecule has 1 atom stereocenters. The summed E-state index contributed by atoms with van der Waals surface area (Å²) in [6, 6.07) is 0. The van der Waals surface area contributed by atoms with Crippen molar-refractivity contribution in [2.75, 3.05) is 19.8 Å². The largest absolute Gasteiger partial charge is 2.00 e. The number of hydrogen-bond donors (Lipinski definition) is 0. The van der Waals surface area contributed by atoms with Crippen molar-refractivity contribution < 1.29 is 53.8 Å². The van der Waals surface area contributed by atoms with Gasteiger partial charge in [0.05, 0.1) is 19.6 Å². The monoisotopic (exact) mass is 359 g/mol. The van der Waals surface area contributed by atoms with Crippen LogP contribution in [0.5, 0.6) is 0 Å². The summed E-state index contributed by atoms with van der Waals surface area (Å²) in [5.41, 5.74) is 10.2. The number of halogens is 3. The molecule has 0 radical (unpaired) electrons. The molecule has 0 saturated carbocycles. The smallest absolute Gasteiger partial charge is 1.00 e. The van der Waals surface area contributed by atoms with Gasteiger partial charge < -0.3 is 40.0 Å². The molecular weight excluding hydrogens is 350 g/mol. The van der Waals surface area contributed by atoms with Crippen molar-refractivity contribution in [1.29, 1.82) is 0 Å². The predicted octanol–water partition coefficient (Wildman–Crippen LogP) is -4.60. The number of nitrogens with zero attached hydrogens (tertiary/aromatic N) is 3. The van der Waals surface area contributed by atoms with E-state index in [1.165, 1.54) is 0 Å². The van der Waals surface area contributed by atoms with Crippen molar-refractivity contribution in [2.45, 2.75) is 11.9 Å². The Balaban J connectivity index is 0. The van der Waals surface area contributed by atoms with Gasteiger partial charge in [0.25, 0.3) is 5.71 Å². The van der Waals surface area contributed by atoms with Gasteiger partial charge in [-0.05, 0) is 12.2 Å². The zero-order valence-electron chi connectivity index (χ0n) is 9.73. The van der Waals surface area contributed by atoms with Gasteiger partial charge in [0, 0.05) is 18.3 Å². The molecule has 2 aliphatic rings. The molecule has 0 aromatic rings. The number of hydrogen-bond acceptors (Lipinski definition) is 2. The van der Waals surface area contributed by atoms with Crippen molar-refractivity contribution in [3.05, 3.63) is 29.5 Å². The molecular formula is C10H12Cl3N3OZn. The molecule has 0 aromatic carbocycles. The quantitative estimate of drug-likeness (QED) is 0.155. The van der Waals surface area contributed by atoms with Crippen molar-refractivity contribution in [3.63, 3.8) is 0 Å². The van der Waals surface area contributed by atoms with Crippen molar-refractivity contribution >= 4 is 17.3 Å². The standard InChI is InChI=1S/C10H12ClN3O.2ClH.Zn/c11-10-7-15-6-5-14(10)9-3-1-8(13-12)2-4-9;;;/h1,3-4,10H,2,5-7H2;2*1H;/q;;;+2/p-2. The maximum atomic E-state index is 8.59. The predicted molar refractivity (Wildman–Crippen MR) is 57.6 cm³/mol. The summed E-state index contributed by atoms with van der Waals surface area (Å²) < 4.78 is 5.26. The molecule has 2 rings (SSSR count). The Morgan fingerprint density at radius 2 is 2.11 bits per heavy atom. The SMILES string of the molecule is [Cl-].[Cl-].[N-]=[N+]=C1C=CC(N2CCOCC2Cl)=CC1.[Zn+2]. The third-order valence-electron chi connectivity index (χ3n) is 2.50. The minimum Gasteiger partial charge on any atom is -1.00 e. The second-order valence-corrected chi connectivity index (χ2v) is 3.96. The van der Waals surface area contributed by atoms with Crippen LogP contribution in [-0.4, -0.2) is 40.7 Å². The van der Waals surface area contributed by atoms with Gasteiger partial charge in [-0.1, -0.05) is 11.6 Å². The van der Waals surface area contributed by atoms with Crippen LogP contribution in [0.25, 0.3) is 5.53 Å². The van der Waals surface area contributed by atoms with E-state index in [2.05, 4.69) is 9.69 Å². The zero-order valence-corrected chi connectivity index (χ0v) is 15.0. The number of alkyl halides is 1. The van der Waals surface area contributed by atoms with E-state index in [4.69, 9.17) is 21.9 Å². The first-order valence-corrected chi connectivity index (χ1v) is 5.32. The molecule has 18 heavy (non-hydrogen) atoms. The zero-order chi connectivity index (χ0) is 10.7. The average Bonchev–Trinajstić information content (AvgIpc) is 2.30. The Kier molecular flexibility index (Phi) is 11.3. The minimum atomic E-state index is -0.109. The first-order valence-electron chi connectivity index (χ1n) is 4.89. The van der Waals surface area contributed by atoms with Gasteiger partial charge >= 0.3 is 19.5 Å². The molecule has 0 N–H and O–H groups in total. The van der Waals surface area contributed by atoms with Crippen LogP contribution in [0.2, 0.25) is 0 Å². The maximum absolute atomic E-state index is 8.59. The summed E-state index contributed by atoms with van der Waals surface area (Å²) in [5.74, 6) is 0. The van der Waals surface area contributed by atoms with Gasteiger partial charge in [-0.15, -0.1) is 0 Å². The summed E-state index contributed by atoms with van der Waals surface area (Å²) in [5, 5.41) is 0. The average molecular weight is 362 g/mol. The third kappa shape index (κ3) is 5.01. The number of ether oxygens (including phenoxy) is 1. The van der Waals surface area contributed by atoms with E-state index < -0.39 is 0 Å². The van der Waals surface area contributed by atoms with Crippen molar-refractivity contribution in [2.24, 2.45) is 0 Å². The van der Waals surface area contributed by atoms with Gasteiger partial charge in [0.2, 0.25) is 0 Å². The van der Waals surface area contributed by atoms with E-state index in [-0.39, 0.29) is 49.8 Å². The summed E-state index contributed by atoms with van der Waals surface area (Å²) in [6.07, 6.45) is 6.37. The molecule has 1 aliphatic carbocycles. The second-order valence-electron chi connectivity index (χ2n) is 3.46. The molecule has 1 aliphatic heterocycles. The molecule has 0 bridgehead atoms.